The number of hydrogen-bond donors (Lipinski definition) is 2. The molecule has 3 rings (SSSR count). The Hall–Kier alpha value is -2.95. The molecule has 2 heterocycles. The molecule has 0 fully saturated rings. The minimum atomic E-state index is -1.10. The first kappa shape index (κ1) is 12.1. The SMILES string of the molecule is Nc1nc(C(=O)O)ccc1-c1cnc2ccccc2c1. The summed E-state index contributed by atoms with van der Waals surface area (Å²) in [5.74, 6) is -0.915. The van der Waals surface area contributed by atoms with Gasteiger partial charge in [0.15, 0.2) is 5.69 Å². The number of aromatic nitrogens is 2. The van der Waals surface area contributed by atoms with Gasteiger partial charge in [-0.2, -0.15) is 0 Å². The standard InChI is InChI=1S/C15H11N3O2/c16-14-11(5-6-13(18-14)15(19)20)10-7-9-3-1-2-4-12(9)17-8-10/h1-8H,(H2,16,18)(H,19,20). The van der Waals surface area contributed by atoms with E-state index >= 15 is 0 Å². The summed E-state index contributed by atoms with van der Waals surface area (Å²) in [7, 11) is 0. The minimum Gasteiger partial charge on any atom is -0.477 e. The van der Waals surface area contributed by atoms with Crippen molar-refractivity contribution in [2.24, 2.45) is 0 Å². The number of para-hydroxylation sites is 1. The van der Waals surface area contributed by atoms with Gasteiger partial charge in [-0.15, -0.1) is 0 Å². The maximum Gasteiger partial charge on any atom is 0.354 e. The van der Waals surface area contributed by atoms with Crippen molar-refractivity contribution in [1.29, 1.82) is 0 Å². The smallest absolute Gasteiger partial charge is 0.354 e. The zero-order valence-electron chi connectivity index (χ0n) is 10.4. The van der Waals surface area contributed by atoms with E-state index in [-0.39, 0.29) is 11.5 Å². The zero-order chi connectivity index (χ0) is 14.1. The predicted molar refractivity (Wildman–Crippen MR) is 76.3 cm³/mol. The van der Waals surface area contributed by atoms with Crippen LogP contribution in [0.1, 0.15) is 10.5 Å². The maximum absolute atomic E-state index is 10.8. The molecule has 3 N–H and O–H groups in total. The number of carboxylic acids is 1. The van der Waals surface area contributed by atoms with Crippen molar-refractivity contribution in [1.82, 2.24) is 9.97 Å². The number of pyridine rings is 2. The highest BCUT2D eigenvalue weighted by Crippen LogP contribution is 2.26. The Morgan fingerprint density at radius 1 is 1.15 bits per heavy atom. The van der Waals surface area contributed by atoms with Crippen LogP contribution in [0.15, 0.2) is 48.7 Å². The van der Waals surface area contributed by atoms with Crippen LogP contribution < -0.4 is 5.73 Å². The molecule has 0 amide bonds. The van der Waals surface area contributed by atoms with Gasteiger partial charge in [-0.1, -0.05) is 18.2 Å². The molecule has 0 aliphatic heterocycles. The number of aromatic carboxylic acids is 1. The molecular formula is C15H11N3O2. The highest BCUT2D eigenvalue weighted by molar-refractivity contribution is 5.89. The van der Waals surface area contributed by atoms with Crippen molar-refractivity contribution in [2.75, 3.05) is 5.73 Å². The van der Waals surface area contributed by atoms with Crippen LogP contribution in [0.25, 0.3) is 22.0 Å². The lowest BCUT2D eigenvalue weighted by atomic mass is 10.1. The fraction of sp³-hybridized carbons (Fsp3) is 0. The summed E-state index contributed by atoms with van der Waals surface area (Å²) in [5, 5.41) is 9.87. The number of fused-ring (bicyclic) bond motifs is 1. The molecule has 0 bridgehead atoms. The van der Waals surface area contributed by atoms with Crippen LogP contribution in [-0.2, 0) is 0 Å². The van der Waals surface area contributed by atoms with Gasteiger partial charge >= 0.3 is 5.97 Å². The molecule has 3 aromatic rings. The molecule has 2 aromatic heterocycles. The van der Waals surface area contributed by atoms with Gasteiger partial charge in [0.2, 0.25) is 0 Å². The highest BCUT2D eigenvalue weighted by atomic mass is 16.4. The molecule has 0 saturated heterocycles. The fourth-order valence-corrected chi connectivity index (χ4v) is 2.06. The topological polar surface area (TPSA) is 89.1 Å². The summed E-state index contributed by atoms with van der Waals surface area (Å²) in [6.45, 7) is 0. The summed E-state index contributed by atoms with van der Waals surface area (Å²) in [5.41, 5.74) is 8.14. The monoisotopic (exact) mass is 265 g/mol. The van der Waals surface area contributed by atoms with Gasteiger partial charge in [0.25, 0.3) is 0 Å². The van der Waals surface area contributed by atoms with Crippen molar-refractivity contribution in [2.45, 2.75) is 0 Å². The maximum atomic E-state index is 10.8. The third-order valence-corrected chi connectivity index (χ3v) is 3.05. The number of nitrogen functional groups attached to an aromatic ring is 1. The Bertz CT molecular complexity index is 815. The largest absolute Gasteiger partial charge is 0.477 e. The Labute approximate surface area is 114 Å². The van der Waals surface area contributed by atoms with Crippen LogP contribution >= 0.6 is 0 Å². The van der Waals surface area contributed by atoms with Gasteiger partial charge in [-0.05, 0) is 24.3 Å². The van der Waals surface area contributed by atoms with Gasteiger partial charge in [0.1, 0.15) is 5.82 Å². The molecule has 0 saturated carbocycles. The number of hydrogen-bond acceptors (Lipinski definition) is 4. The van der Waals surface area contributed by atoms with Crippen molar-refractivity contribution >= 4 is 22.7 Å². The average Bonchev–Trinajstić information content (AvgIpc) is 2.46. The Balaban J connectivity index is 2.13. The lowest BCUT2D eigenvalue weighted by molar-refractivity contribution is 0.0690. The molecule has 0 spiro atoms. The summed E-state index contributed by atoms with van der Waals surface area (Å²) >= 11 is 0. The Kier molecular flexibility index (Phi) is 2.80. The first-order chi connectivity index (χ1) is 9.65. The third kappa shape index (κ3) is 2.05. The first-order valence-corrected chi connectivity index (χ1v) is 6.00. The van der Waals surface area contributed by atoms with Crippen molar-refractivity contribution in [3.63, 3.8) is 0 Å². The molecular weight excluding hydrogens is 254 g/mol. The highest BCUT2D eigenvalue weighted by Gasteiger charge is 2.10. The average molecular weight is 265 g/mol. The van der Waals surface area contributed by atoms with Crippen LogP contribution in [0.4, 0.5) is 5.82 Å². The van der Waals surface area contributed by atoms with E-state index in [1.807, 2.05) is 30.3 Å². The molecule has 5 heteroatoms. The van der Waals surface area contributed by atoms with Crippen LogP contribution in [-0.4, -0.2) is 21.0 Å². The van der Waals surface area contributed by atoms with Gasteiger partial charge in [-0.25, -0.2) is 9.78 Å². The van der Waals surface area contributed by atoms with Crippen LogP contribution in [0.3, 0.4) is 0 Å². The normalized spacial score (nSPS) is 10.6. The molecule has 20 heavy (non-hydrogen) atoms. The van der Waals surface area contributed by atoms with Crippen molar-refractivity contribution in [3.05, 3.63) is 54.4 Å². The van der Waals surface area contributed by atoms with Crippen LogP contribution in [0, 0.1) is 0 Å². The van der Waals surface area contributed by atoms with E-state index in [0.29, 0.717) is 5.56 Å². The lowest BCUT2D eigenvalue weighted by Crippen LogP contribution is -2.04. The van der Waals surface area contributed by atoms with Gasteiger partial charge in [0, 0.05) is 22.7 Å². The summed E-state index contributed by atoms with van der Waals surface area (Å²) in [6.07, 6.45) is 1.70. The number of nitrogens with zero attached hydrogens (tertiary/aromatic N) is 2. The zero-order valence-corrected chi connectivity index (χ0v) is 10.4. The first-order valence-electron chi connectivity index (χ1n) is 6.00. The third-order valence-electron chi connectivity index (χ3n) is 3.05. The van der Waals surface area contributed by atoms with E-state index in [4.69, 9.17) is 10.8 Å². The Morgan fingerprint density at radius 3 is 2.70 bits per heavy atom. The lowest BCUT2D eigenvalue weighted by Gasteiger charge is -2.07. The van der Waals surface area contributed by atoms with E-state index in [1.54, 1.807) is 12.3 Å². The molecule has 0 atom stereocenters. The van der Waals surface area contributed by atoms with E-state index in [2.05, 4.69) is 9.97 Å². The number of carbonyl (C=O) groups is 1. The van der Waals surface area contributed by atoms with Gasteiger partial charge in [-0.3, -0.25) is 4.98 Å². The molecule has 0 unspecified atom stereocenters. The van der Waals surface area contributed by atoms with Crippen LogP contribution in [0.2, 0.25) is 0 Å². The molecule has 0 aliphatic rings. The molecule has 0 aliphatic carbocycles. The number of carboxylic acid groups (broad SMARTS) is 1. The van der Waals surface area contributed by atoms with E-state index in [1.165, 1.54) is 6.07 Å². The quantitative estimate of drug-likeness (QED) is 0.743. The number of benzene rings is 1. The number of nitrogens with two attached hydrogens (primary N) is 1. The second-order valence-corrected chi connectivity index (χ2v) is 4.35. The number of anilines is 1. The van der Waals surface area contributed by atoms with E-state index in [9.17, 15) is 4.79 Å². The van der Waals surface area contributed by atoms with Gasteiger partial charge < -0.3 is 10.8 Å². The summed E-state index contributed by atoms with van der Waals surface area (Å²) in [6, 6.07) is 12.8. The number of rotatable bonds is 2. The van der Waals surface area contributed by atoms with Crippen molar-refractivity contribution in [3.8, 4) is 11.1 Å². The molecule has 1 aromatic carbocycles. The van der Waals surface area contributed by atoms with Gasteiger partial charge in [0.05, 0.1) is 5.52 Å². The van der Waals surface area contributed by atoms with E-state index < -0.39 is 5.97 Å². The fourth-order valence-electron chi connectivity index (χ4n) is 2.06. The second-order valence-electron chi connectivity index (χ2n) is 4.35. The van der Waals surface area contributed by atoms with E-state index in [0.717, 1.165) is 16.5 Å². The molecule has 0 radical (unpaired) electrons. The summed E-state index contributed by atoms with van der Waals surface area (Å²) in [4.78, 5) is 19.1. The minimum absolute atomic E-state index is 0.0694. The van der Waals surface area contributed by atoms with Crippen molar-refractivity contribution < 1.29 is 9.90 Å². The Morgan fingerprint density at radius 2 is 1.95 bits per heavy atom. The predicted octanol–water partition coefficient (Wildman–Crippen LogP) is 2.58. The van der Waals surface area contributed by atoms with Crippen LogP contribution in [0.5, 0.6) is 0 Å². The molecule has 98 valence electrons. The second kappa shape index (κ2) is 4.62. The molecule has 5 nitrogen and oxygen atoms in total. The summed E-state index contributed by atoms with van der Waals surface area (Å²) < 4.78 is 0.